The topological polar surface area (TPSA) is 106 Å². The predicted octanol–water partition coefficient (Wildman–Crippen LogP) is 3.64. The highest BCUT2D eigenvalue weighted by Crippen LogP contribution is 2.35. The van der Waals surface area contributed by atoms with Crippen LogP contribution in [0.3, 0.4) is 0 Å². The average molecular weight is 477 g/mol. The van der Waals surface area contributed by atoms with E-state index in [1.54, 1.807) is 41.7 Å². The summed E-state index contributed by atoms with van der Waals surface area (Å²) in [5, 5.41) is 11.1. The van der Waals surface area contributed by atoms with Gasteiger partial charge >= 0.3 is 12.2 Å². The lowest BCUT2D eigenvalue weighted by molar-refractivity contribution is -0.137. The van der Waals surface area contributed by atoms with E-state index in [2.05, 4.69) is 0 Å². The molecule has 2 aliphatic rings. The Balaban J connectivity index is 1.72. The fraction of sp³-hybridized carbons (Fsp3) is 0.640. The van der Waals surface area contributed by atoms with Crippen LogP contribution in [0.2, 0.25) is 0 Å². The Morgan fingerprint density at radius 3 is 2.65 bits per heavy atom. The summed E-state index contributed by atoms with van der Waals surface area (Å²) in [7, 11) is 1.60. The number of cyclic esters (lactones) is 1. The van der Waals surface area contributed by atoms with E-state index in [-0.39, 0.29) is 0 Å². The summed E-state index contributed by atoms with van der Waals surface area (Å²) in [6.45, 7) is 9.52. The first kappa shape index (κ1) is 26.0. The molecule has 34 heavy (non-hydrogen) atoms. The number of rotatable bonds is 6. The summed E-state index contributed by atoms with van der Waals surface area (Å²) >= 11 is 0. The van der Waals surface area contributed by atoms with E-state index in [4.69, 9.17) is 14.2 Å². The number of ether oxygens (including phenoxy) is 3. The van der Waals surface area contributed by atoms with Crippen LogP contribution >= 0.6 is 0 Å². The number of aliphatic hydroxyl groups is 1. The number of imide groups is 1. The van der Waals surface area contributed by atoms with Crippen molar-refractivity contribution in [2.45, 2.75) is 84.0 Å². The highest BCUT2D eigenvalue weighted by Gasteiger charge is 2.48. The molecule has 9 nitrogen and oxygen atoms in total. The van der Waals surface area contributed by atoms with E-state index in [1.165, 1.54) is 4.90 Å². The summed E-state index contributed by atoms with van der Waals surface area (Å²) in [5.74, 6) is -1.45. The van der Waals surface area contributed by atoms with E-state index in [0.29, 0.717) is 26.0 Å². The van der Waals surface area contributed by atoms with Gasteiger partial charge < -0.3 is 24.2 Å². The molecular formula is C25H36N2O7. The third kappa shape index (κ3) is 5.52. The Hall–Kier alpha value is -2.65. The zero-order chi connectivity index (χ0) is 25.2. The van der Waals surface area contributed by atoms with E-state index >= 15 is 0 Å². The van der Waals surface area contributed by atoms with Crippen LogP contribution in [0.1, 0.15) is 64.7 Å². The minimum Gasteiger partial charge on any atom is -0.444 e. The normalized spacial score (nSPS) is 24.7. The molecule has 9 heteroatoms. The lowest BCUT2D eigenvalue weighted by atomic mass is 9.93. The molecule has 2 aliphatic heterocycles. The molecular weight excluding hydrogens is 440 g/mol. The SMILES string of the molecule is COCc1cccc([C@@H]2OC(=O)N(C(=O)[C@H](C)[C@@H](O)[C@@H]3CCCN3C(=O)OC(C)(C)C)[C@@H]2C)c1. The monoisotopic (exact) mass is 476 g/mol. The number of benzene rings is 1. The molecule has 0 spiro atoms. The maximum absolute atomic E-state index is 13.3. The van der Waals surface area contributed by atoms with Gasteiger partial charge in [-0.3, -0.25) is 4.79 Å². The number of methoxy groups -OCH3 is 1. The van der Waals surface area contributed by atoms with E-state index in [0.717, 1.165) is 16.0 Å². The van der Waals surface area contributed by atoms with Crippen LogP contribution < -0.4 is 0 Å². The molecule has 3 rings (SSSR count). The van der Waals surface area contributed by atoms with Gasteiger partial charge in [0.25, 0.3) is 0 Å². The van der Waals surface area contributed by atoms with Gasteiger partial charge in [0.15, 0.2) is 0 Å². The zero-order valence-electron chi connectivity index (χ0n) is 20.8. The van der Waals surface area contributed by atoms with Gasteiger partial charge in [-0.2, -0.15) is 0 Å². The van der Waals surface area contributed by atoms with Crippen LogP contribution in [0, 0.1) is 5.92 Å². The molecule has 5 atom stereocenters. The van der Waals surface area contributed by atoms with E-state index < -0.39 is 53.9 Å². The Morgan fingerprint density at radius 2 is 2.00 bits per heavy atom. The first-order valence-electron chi connectivity index (χ1n) is 11.7. The Bertz CT molecular complexity index is 913. The van der Waals surface area contributed by atoms with Crippen molar-refractivity contribution < 1.29 is 33.7 Å². The smallest absolute Gasteiger partial charge is 0.417 e. The lowest BCUT2D eigenvalue weighted by Crippen LogP contribution is -2.51. The Morgan fingerprint density at radius 1 is 1.29 bits per heavy atom. The van der Waals surface area contributed by atoms with Crippen LogP contribution in [0.15, 0.2) is 24.3 Å². The second kappa shape index (κ2) is 10.3. The van der Waals surface area contributed by atoms with Crippen molar-refractivity contribution in [3.05, 3.63) is 35.4 Å². The quantitative estimate of drug-likeness (QED) is 0.668. The predicted molar refractivity (Wildman–Crippen MR) is 124 cm³/mol. The highest BCUT2D eigenvalue weighted by molar-refractivity contribution is 5.95. The van der Waals surface area contributed by atoms with Gasteiger partial charge in [-0.1, -0.05) is 25.1 Å². The molecule has 3 amide bonds. The molecule has 0 bridgehead atoms. The van der Waals surface area contributed by atoms with Crippen molar-refractivity contribution >= 4 is 18.1 Å². The van der Waals surface area contributed by atoms with Gasteiger partial charge in [-0.05, 0) is 57.7 Å². The van der Waals surface area contributed by atoms with Crippen LogP contribution in [0.25, 0.3) is 0 Å². The van der Waals surface area contributed by atoms with Crippen molar-refractivity contribution in [3.63, 3.8) is 0 Å². The first-order valence-corrected chi connectivity index (χ1v) is 11.7. The number of amides is 3. The maximum atomic E-state index is 13.3. The number of nitrogens with zero attached hydrogens (tertiary/aromatic N) is 2. The molecule has 1 aromatic carbocycles. The molecule has 0 aromatic heterocycles. The lowest BCUT2D eigenvalue weighted by Gasteiger charge is -2.34. The molecule has 1 N–H and O–H groups in total. The van der Waals surface area contributed by atoms with Crippen LogP contribution in [0.4, 0.5) is 9.59 Å². The van der Waals surface area contributed by atoms with Gasteiger partial charge in [-0.25, -0.2) is 14.5 Å². The van der Waals surface area contributed by atoms with Crippen molar-refractivity contribution in [2.75, 3.05) is 13.7 Å². The van der Waals surface area contributed by atoms with Gasteiger partial charge in [0, 0.05) is 13.7 Å². The summed E-state index contributed by atoms with van der Waals surface area (Å²) in [5.41, 5.74) is 1.03. The minimum absolute atomic E-state index is 0.421. The van der Waals surface area contributed by atoms with Crippen molar-refractivity contribution in [3.8, 4) is 0 Å². The molecule has 2 fully saturated rings. The van der Waals surface area contributed by atoms with Gasteiger partial charge in [0.05, 0.1) is 30.7 Å². The zero-order valence-corrected chi connectivity index (χ0v) is 20.8. The van der Waals surface area contributed by atoms with Crippen molar-refractivity contribution in [2.24, 2.45) is 5.92 Å². The first-order chi connectivity index (χ1) is 15.9. The second-order valence-corrected chi connectivity index (χ2v) is 10.1. The standard InChI is InChI=1S/C25H36N2O7/c1-15(20(28)19-11-8-12-26(19)23(30)34-25(3,4)5)22(29)27-16(2)21(33-24(27)31)18-10-7-9-17(13-18)14-32-6/h7,9-10,13,15-16,19-21,28H,8,11-12,14H2,1-6H3/t15-,16-,19+,20-,21-/m1/s1. The minimum atomic E-state index is -1.15. The molecule has 188 valence electrons. The van der Waals surface area contributed by atoms with Gasteiger partial charge in [-0.15, -0.1) is 0 Å². The summed E-state index contributed by atoms with van der Waals surface area (Å²) in [6, 6.07) is 6.38. The fourth-order valence-corrected chi connectivity index (χ4v) is 4.62. The number of likely N-dealkylation sites (tertiary alicyclic amines) is 1. The van der Waals surface area contributed by atoms with E-state index in [9.17, 15) is 19.5 Å². The largest absolute Gasteiger partial charge is 0.444 e. The van der Waals surface area contributed by atoms with Crippen LogP contribution in [0.5, 0.6) is 0 Å². The van der Waals surface area contributed by atoms with Gasteiger partial charge in [0.1, 0.15) is 11.7 Å². The highest BCUT2D eigenvalue weighted by atomic mass is 16.6. The molecule has 0 unspecified atom stereocenters. The number of carbonyl (C=O) groups is 3. The fourth-order valence-electron chi connectivity index (χ4n) is 4.62. The average Bonchev–Trinajstić information content (AvgIpc) is 3.36. The molecule has 0 radical (unpaired) electrons. The van der Waals surface area contributed by atoms with Crippen molar-refractivity contribution in [1.29, 1.82) is 0 Å². The van der Waals surface area contributed by atoms with Crippen LogP contribution in [-0.4, -0.2) is 70.4 Å². The molecule has 0 aliphatic carbocycles. The Labute approximate surface area is 200 Å². The third-order valence-corrected chi connectivity index (χ3v) is 6.32. The number of aliphatic hydroxyl groups excluding tert-OH is 1. The summed E-state index contributed by atoms with van der Waals surface area (Å²) in [6.07, 6.45) is -1.78. The number of hydrogen-bond donors (Lipinski definition) is 1. The molecule has 2 saturated heterocycles. The number of hydrogen-bond acceptors (Lipinski definition) is 7. The van der Waals surface area contributed by atoms with Crippen molar-refractivity contribution in [1.82, 2.24) is 9.80 Å². The molecule has 1 aromatic rings. The molecule has 0 saturated carbocycles. The summed E-state index contributed by atoms with van der Waals surface area (Å²) < 4.78 is 16.2. The van der Waals surface area contributed by atoms with E-state index in [1.807, 2.05) is 24.3 Å². The number of carbonyl (C=O) groups excluding carboxylic acids is 3. The van der Waals surface area contributed by atoms with Crippen LogP contribution in [-0.2, 0) is 25.6 Å². The maximum Gasteiger partial charge on any atom is 0.417 e. The Kier molecular flexibility index (Phi) is 7.88. The van der Waals surface area contributed by atoms with Gasteiger partial charge in [0.2, 0.25) is 5.91 Å². The second-order valence-electron chi connectivity index (χ2n) is 10.1. The molecule has 2 heterocycles. The third-order valence-electron chi connectivity index (χ3n) is 6.32. The summed E-state index contributed by atoms with van der Waals surface area (Å²) in [4.78, 5) is 41.2.